The first-order valence-electron chi connectivity index (χ1n) is 7.54. The summed E-state index contributed by atoms with van der Waals surface area (Å²) < 4.78 is 5.36. The third-order valence-corrected chi connectivity index (χ3v) is 4.01. The molecule has 3 nitrogen and oxygen atoms in total. The molecular weight excluding hydrogens is 296 g/mol. The van der Waals surface area contributed by atoms with Crippen LogP contribution in [0, 0.1) is 0 Å². The van der Waals surface area contributed by atoms with E-state index in [2.05, 4.69) is 12.2 Å². The standard InChI is InChI=1S/C18H19ClN2O/c1-3-4-9-20-18-14-7-5-12(19)10-17(14)21-16-8-6-13(22-2)11-15(16)18/h5-8,10-11H,3-4,9H2,1-2H3,(H,20,21). The molecule has 0 aliphatic heterocycles. The molecule has 0 bridgehead atoms. The molecule has 0 spiro atoms. The molecule has 0 radical (unpaired) electrons. The molecule has 0 atom stereocenters. The lowest BCUT2D eigenvalue weighted by Gasteiger charge is -2.14. The zero-order chi connectivity index (χ0) is 15.5. The number of nitrogens with one attached hydrogen (secondary N) is 1. The summed E-state index contributed by atoms with van der Waals surface area (Å²) in [6.07, 6.45) is 2.28. The van der Waals surface area contributed by atoms with Crippen molar-refractivity contribution in [1.82, 2.24) is 4.98 Å². The van der Waals surface area contributed by atoms with Crippen molar-refractivity contribution in [2.75, 3.05) is 19.0 Å². The van der Waals surface area contributed by atoms with Crippen LogP contribution in [0.5, 0.6) is 5.75 Å². The highest BCUT2D eigenvalue weighted by Gasteiger charge is 2.10. The topological polar surface area (TPSA) is 34.2 Å². The van der Waals surface area contributed by atoms with Crippen molar-refractivity contribution in [1.29, 1.82) is 0 Å². The molecule has 1 heterocycles. The fourth-order valence-corrected chi connectivity index (χ4v) is 2.77. The summed E-state index contributed by atoms with van der Waals surface area (Å²) in [7, 11) is 1.68. The van der Waals surface area contributed by atoms with E-state index >= 15 is 0 Å². The van der Waals surface area contributed by atoms with Crippen molar-refractivity contribution in [3.63, 3.8) is 0 Å². The molecule has 2 aromatic carbocycles. The van der Waals surface area contributed by atoms with Gasteiger partial charge in [0, 0.05) is 22.3 Å². The lowest BCUT2D eigenvalue weighted by Crippen LogP contribution is -2.03. The second-order valence-corrected chi connectivity index (χ2v) is 5.75. The van der Waals surface area contributed by atoms with E-state index in [0.29, 0.717) is 5.02 Å². The van der Waals surface area contributed by atoms with Gasteiger partial charge in [0.2, 0.25) is 0 Å². The molecular formula is C18H19ClN2O. The number of anilines is 1. The normalized spacial score (nSPS) is 11.0. The number of unbranched alkanes of at least 4 members (excludes halogenated alkanes) is 1. The predicted molar refractivity (Wildman–Crippen MR) is 94.2 cm³/mol. The molecule has 0 saturated carbocycles. The van der Waals surface area contributed by atoms with Gasteiger partial charge in [-0.2, -0.15) is 0 Å². The molecule has 1 N–H and O–H groups in total. The summed E-state index contributed by atoms with van der Waals surface area (Å²) in [4.78, 5) is 4.72. The summed E-state index contributed by atoms with van der Waals surface area (Å²) in [6.45, 7) is 3.12. The lowest BCUT2D eigenvalue weighted by atomic mass is 10.1. The maximum atomic E-state index is 6.12. The highest BCUT2D eigenvalue weighted by Crippen LogP contribution is 2.34. The van der Waals surface area contributed by atoms with E-state index < -0.39 is 0 Å². The lowest BCUT2D eigenvalue weighted by molar-refractivity contribution is 0.415. The van der Waals surface area contributed by atoms with Crippen LogP contribution in [-0.4, -0.2) is 18.6 Å². The van der Waals surface area contributed by atoms with Crippen LogP contribution in [0.4, 0.5) is 5.69 Å². The summed E-state index contributed by atoms with van der Waals surface area (Å²) in [6, 6.07) is 11.8. The van der Waals surface area contributed by atoms with Crippen LogP contribution < -0.4 is 10.1 Å². The van der Waals surface area contributed by atoms with Crippen molar-refractivity contribution in [2.24, 2.45) is 0 Å². The van der Waals surface area contributed by atoms with Crippen molar-refractivity contribution in [3.05, 3.63) is 41.4 Å². The van der Waals surface area contributed by atoms with Gasteiger partial charge < -0.3 is 10.1 Å². The monoisotopic (exact) mass is 314 g/mol. The Kier molecular flexibility index (Phi) is 4.34. The number of aromatic nitrogens is 1. The first kappa shape index (κ1) is 14.9. The zero-order valence-electron chi connectivity index (χ0n) is 12.8. The van der Waals surface area contributed by atoms with Gasteiger partial charge in [-0.15, -0.1) is 0 Å². The molecule has 0 saturated heterocycles. The molecule has 0 aliphatic rings. The van der Waals surface area contributed by atoms with Gasteiger partial charge in [-0.25, -0.2) is 4.98 Å². The number of nitrogens with zero attached hydrogens (tertiary/aromatic N) is 1. The van der Waals surface area contributed by atoms with E-state index in [1.807, 2.05) is 36.4 Å². The van der Waals surface area contributed by atoms with Gasteiger partial charge in [-0.05, 0) is 42.8 Å². The number of fused-ring (bicyclic) bond motifs is 2. The molecule has 0 amide bonds. The van der Waals surface area contributed by atoms with Crippen LogP contribution in [-0.2, 0) is 0 Å². The summed E-state index contributed by atoms with van der Waals surface area (Å²) in [5.74, 6) is 0.834. The number of pyridine rings is 1. The third kappa shape index (κ3) is 2.81. The van der Waals surface area contributed by atoms with E-state index in [9.17, 15) is 0 Å². The molecule has 1 aromatic heterocycles. The number of rotatable bonds is 5. The van der Waals surface area contributed by atoms with Gasteiger partial charge in [0.25, 0.3) is 0 Å². The molecule has 4 heteroatoms. The maximum absolute atomic E-state index is 6.12. The van der Waals surface area contributed by atoms with Crippen molar-refractivity contribution < 1.29 is 4.74 Å². The third-order valence-electron chi connectivity index (χ3n) is 3.78. The molecule has 114 valence electrons. The minimum atomic E-state index is 0.701. The molecule has 0 fully saturated rings. The smallest absolute Gasteiger partial charge is 0.119 e. The first-order chi connectivity index (χ1) is 10.7. The van der Waals surface area contributed by atoms with Gasteiger partial charge in [0.05, 0.1) is 23.8 Å². The second-order valence-electron chi connectivity index (χ2n) is 5.31. The van der Waals surface area contributed by atoms with Gasteiger partial charge in [0.15, 0.2) is 0 Å². The van der Waals surface area contributed by atoms with Crippen molar-refractivity contribution in [3.8, 4) is 5.75 Å². The van der Waals surface area contributed by atoms with Gasteiger partial charge >= 0.3 is 0 Å². The quantitative estimate of drug-likeness (QED) is 0.515. The van der Waals surface area contributed by atoms with E-state index in [4.69, 9.17) is 21.3 Å². The Morgan fingerprint density at radius 2 is 1.95 bits per heavy atom. The van der Waals surface area contributed by atoms with Crippen LogP contribution >= 0.6 is 11.6 Å². The Morgan fingerprint density at radius 3 is 2.73 bits per heavy atom. The van der Waals surface area contributed by atoms with Crippen molar-refractivity contribution in [2.45, 2.75) is 19.8 Å². The van der Waals surface area contributed by atoms with Gasteiger partial charge in [-0.3, -0.25) is 0 Å². The van der Waals surface area contributed by atoms with Crippen LogP contribution in [0.1, 0.15) is 19.8 Å². The van der Waals surface area contributed by atoms with E-state index in [1.54, 1.807) is 7.11 Å². The molecule has 3 aromatic rings. The Labute approximate surface area is 135 Å². The van der Waals surface area contributed by atoms with Gasteiger partial charge in [0.1, 0.15) is 5.75 Å². The zero-order valence-corrected chi connectivity index (χ0v) is 13.6. The number of hydrogen-bond donors (Lipinski definition) is 1. The van der Waals surface area contributed by atoms with E-state index in [1.165, 1.54) is 0 Å². The number of benzene rings is 2. The fraction of sp³-hybridized carbons (Fsp3) is 0.278. The average molecular weight is 315 g/mol. The fourth-order valence-electron chi connectivity index (χ4n) is 2.60. The first-order valence-corrected chi connectivity index (χ1v) is 7.91. The highest BCUT2D eigenvalue weighted by molar-refractivity contribution is 6.31. The number of ether oxygens (including phenoxy) is 1. The Bertz CT molecular complexity index is 817. The van der Waals surface area contributed by atoms with Crippen LogP contribution in [0.2, 0.25) is 5.02 Å². The molecule has 3 rings (SSSR count). The highest BCUT2D eigenvalue weighted by atomic mass is 35.5. The average Bonchev–Trinajstić information content (AvgIpc) is 2.53. The Hall–Kier alpha value is -2.00. The molecule has 0 aliphatic carbocycles. The number of methoxy groups -OCH3 is 1. The SMILES string of the molecule is CCCCNc1c2ccc(Cl)cc2nc2ccc(OC)cc12. The van der Waals surface area contributed by atoms with Crippen LogP contribution in [0.3, 0.4) is 0 Å². The minimum Gasteiger partial charge on any atom is -0.497 e. The van der Waals surface area contributed by atoms with E-state index in [0.717, 1.165) is 52.6 Å². The predicted octanol–water partition coefficient (Wildman–Crippen LogP) is 5.26. The summed E-state index contributed by atoms with van der Waals surface area (Å²) in [5.41, 5.74) is 2.95. The Morgan fingerprint density at radius 1 is 1.09 bits per heavy atom. The van der Waals surface area contributed by atoms with E-state index in [-0.39, 0.29) is 0 Å². The van der Waals surface area contributed by atoms with Crippen molar-refractivity contribution >= 4 is 39.1 Å². The summed E-state index contributed by atoms with van der Waals surface area (Å²) >= 11 is 6.12. The number of halogens is 1. The second kappa shape index (κ2) is 6.41. The largest absolute Gasteiger partial charge is 0.497 e. The molecule has 22 heavy (non-hydrogen) atoms. The van der Waals surface area contributed by atoms with Crippen LogP contribution in [0.15, 0.2) is 36.4 Å². The summed E-state index contributed by atoms with van der Waals surface area (Å²) in [5, 5.41) is 6.42. The molecule has 0 unspecified atom stereocenters. The Balaban J connectivity index is 2.24. The van der Waals surface area contributed by atoms with Crippen LogP contribution in [0.25, 0.3) is 21.8 Å². The van der Waals surface area contributed by atoms with Gasteiger partial charge in [-0.1, -0.05) is 24.9 Å². The minimum absolute atomic E-state index is 0.701. The maximum Gasteiger partial charge on any atom is 0.119 e. The number of hydrogen-bond acceptors (Lipinski definition) is 3.